The number of aromatic nitrogens is 2. The van der Waals surface area contributed by atoms with Crippen LogP contribution in [0, 0.1) is 0 Å². The van der Waals surface area contributed by atoms with Crippen LogP contribution >= 0.6 is 0 Å². The minimum Gasteiger partial charge on any atom is -0.392 e. The van der Waals surface area contributed by atoms with Crippen LogP contribution in [-0.2, 0) is 0 Å². The molecule has 0 amide bonds. The lowest BCUT2D eigenvalue weighted by molar-refractivity contribution is 0.0289. The molecule has 0 radical (unpaired) electrons. The molecule has 0 spiro atoms. The summed E-state index contributed by atoms with van der Waals surface area (Å²) >= 11 is 0. The van der Waals surface area contributed by atoms with Crippen LogP contribution in [0.15, 0.2) is 29.1 Å². The second-order valence-corrected chi connectivity index (χ2v) is 6.83. The maximum atomic E-state index is 12.3. The Hall–Kier alpha value is -1.76. The fourth-order valence-corrected chi connectivity index (χ4v) is 3.46. The van der Waals surface area contributed by atoms with E-state index in [1.165, 1.54) is 0 Å². The first-order valence-electron chi connectivity index (χ1n) is 8.61. The van der Waals surface area contributed by atoms with Gasteiger partial charge in [0.05, 0.1) is 23.0 Å². The standard InChI is InChI=1S/C18H26N4O2/c1-12-10-22(9-8-21(12)11-13(2)23)14(3)17-19-16-7-5-4-6-15(16)18(24)20-17/h4-7,12-14,23H,8-11H2,1-3H3,(H,19,20,24)/t12-,13-,14-/m0/s1. The molecule has 130 valence electrons. The van der Waals surface area contributed by atoms with Crippen LogP contribution in [0.1, 0.15) is 32.6 Å². The molecule has 2 heterocycles. The van der Waals surface area contributed by atoms with E-state index in [1.807, 2.05) is 25.1 Å². The van der Waals surface area contributed by atoms with Crippen molar-refractivity contribution in [1.29, 1.82) is 0 Å². The Labute approximate surface area is 142 Å². The first-order chi connectivity index (χ1) is 11.5. The zero-order chi connectivity index (χ0) is 17.3. The van der Waals surface area contributed by atoms with Crippen molar-refractivity contribution in [3.8, 4) is 0 Å². The molecule has 3 atom stereocenters. The van der Waals surface area contributed by atoms with Gasteiger partial charge in [-0.1, -0.05) is 12.1 Å². The van der Waals surface area contributed by atoms with Gasteiger partial charge in [-0.25, -0.2) is 4.98 Å². The number of nitrogens with zero attached hydrogens (tertiary/aromatic N) is 3. The van der Waals surface area contributed by atoms with Crippen LogP contribution in [0.25, 0.3) is 10.9 Å². The molecule has 2 N–H and O–H groups in total. The highest BCUT2D eigenvalue weighted by molar-refractivity contribution is 5.77. The normalized spacial score (nSPS) is 22.6. The molecule has 24 heavy (non-hydrogen) atoms. The second-order valence-electron chi connectivity index (χ2n) is 6.83. The van der Waals surface area contributed by atoms with E-state index in [2.05, 4.69) is 33.6 Å². The van der Waals surface area contributed by atoms with E-state index in [1.54, 1.807) is 6.07 Å². The third-order valence-electron chi connectivity index (χ3n) is 4.87. The van der Waals surface area contributed by atoms with E-state index in [0.29, 0.717) is 18.0 Å². The minimum atomic E-state index is -0.310. The summed E-state index contributed by atoms with van der Waals surface area (Å²) in [7, 11) is 0. The Morgan fingerprint density at radius 1 is 1.33 bits per heavy atom. The Morgan fingerprint density at radius 3 is 2.79 bits per heavy atom. The highest BCUT2D eigenvalue weighted by atomic mass is 16.3. The van der Waals surface area contributed by atoms with E-state index in [4.69, 9.17) is 0 Å². The van der Waals surface area contributed by atoms with E-state index in [9.17, 15) is 9.90 Å². The number of hydrogen-bond acceptors (Lipinski definition) is 5. The van der Waals surface area contributed by atoms with Gasteiger partial charge in [0.1, 0.15) is 5.82 Å². The molecule has 1 aromatic carbocycles. The van der Waals surface area contributed by atoms with Crippen LogP contribution < -0.4 is 5.56 Å². The van der Waals surface area contributed by atoms with Gasteiger partial charge in [-0.05, 0) is 32.9 Å². The number of para-hydroxylation sites is 1. The summed E-state index contributed by atoms with van der Waals surface area (Å²) in [4.78, 5) is 24.5. The number of β-amino-alcohol motifs (C(OH)–C–C–N with tert-alkyl or cyclic N) is 1. The highest BCUT2D eigenvalue weighted by Crippen LogP contribution is 2.21. The summed E-state index contributed by atoms with van der Waals surface area (Å²) in [6.07, 6.45) is -0.310. The monoisotopic (exact) mass is 330 g/mol. The summed E-state index contributed by atoms with van der Waals surface area (Å²) in [6, 6.07) is 7.85. The summed E-state index contributed by atoms with van der Waals surface area (Å²) in [5.74, 6) is 0.717. The largest absolute Gasteiger partial charge is 0.392 e. The van der Waals surface area contributed by atoms with Gasteiger partial charge in [0.2, 0.25) is 0 Å². The average molecular weight is 330 g/mol. The molecular weight excluding hydrogens is 304 g/mol. The second kappa shape index (κ2) is 7.01. The number of nitrogens with one attached hydrogen (secondary N) is 1. The molecule has 0 aliphatic carbocycles. The van der Waals surface area contributed by atoms with Crippen molar-refractivity contribution in [2.75, 3.05) is 26.2 Å². The van der Waals surface area contributed by atoms with Crippen molar-refractivity contribution in [2.24, 2.45) is 0 Å². The number of fused-ring (bicyclic) bond motifs is 1. The average Bonchev–Trinajstić information content (AvgIpc) is 2.55. The van der Waals surface area contributed by atoms with E-state index in [0.717, 1.165) is 31.0 Å². The molecule has 1 fully saturated rings. The smallest absolute Gasteiger partial charge is 0.258 e. The third kappa shape index (κ3) is 3.50. The molecule has 1 aromatic heterocycles. The molecular formula is C18H26N4O2. The molecule has 2 aromatic rings. The van der Waals surface area contributed by atoms with Crippen molar-refractivity contribution >= 4 is 10.9 Å². The Morgan fingerprint density at radius 2 is 2.08 bits per heavy atom. The van der Waals surface area contributed by atoms with Gasteiger partial charge in [0.15, 0.2) is 0 Å². The van der Waals surface area contributed by atoms with Crippen molar-refractivity contribution < 1.29 is 5.11 Å². The quantitative estimate of drug-likeness (QED) is 0.886. The Bertz CT molecular complexity index is 758. The lowest BCUT2D eigenvalue weighted by Gasteiger charge is -2.42. The van der Waals surface area contributed by atoms with Gasteiger partial charge in [-0.15, -0.1) is 0 Å². The molecule has 1 saturated heterocycles. The highest BCUT2D eigenvalue weighted by Gasteiger charge is 2.28. The lowest BCUT2D eigenvalue weighted by atomic mass is 10.1. The Kier molecular flexibility index (Phi) is 4.99. The number of H-pyrrole nitrogens is 1. The number of aromatic amines is 1. The number of aliphatic hydroxyl groups excluding tert-OH is 1. The van der Waals surface area contributed by atoms with Gasteiger partial charge in [0, 0.05) is 32.2 Å². The lowest BCUT2D eigenvalue weighted by Crippen LogP contribution is -2.54. The first kappa shape index (κ1) is 17.1. The van der Waals surface area contributed by atoms with E-state index >= 15 is 0 Å². The van der Waals surface area contributed by atoms with Crippen LogP contribution in [-0.4, -0.2) is 63.2 Å². The molecule has 0 saturated carbocycles. The SMILES string of the molecule is C[C@H](O)CN1CCN([C@@H](C)c2nc3ccccc3c(=O)[nH]2)C[C@@H]1C. The topological polar surface area (TPSA) is 72.5 Å². The van der Waals surface area contributed by atoms with Gasteiger partial charge in [-0.2, -0.15) is 0 Å². The van der Waals surface area contributed by atoms with Gasteiger partial charge >= 0.3 is 0 Å². The van der Waals surface area contributed by atoms with E-state index in [-0.39, 0.29) is 17.7 Å². The number of hydrogen-bond donors (Lipinski definition) is 2. The number of piperazine rings is 1. The summed E-state index contributed by atoms with van der Waals surface area (Å²) in [6.45, 7) is 9.50. The van der Waals surface area contributed by atoms with E-state index < -0.39 is 0 Å². The number of rotatable bonds is 4. The van der Waals surface area contributed by atoms with Crippen molar-refractivity contribution in [3.63, 3.8) is 0 Å². The molecule has 3 rings (SSSR count). The zero-order valence-corrected chi connectivity index (χ0v) is 14.6. The van der Waals surface area contributed by atoms with Crippen LogP contribution in [0.5, 0.6) is 0 Å². The Balaban J connectivity index is 1.78. The van der Waals surface area contributed by atoms with Gasteiger partial charge < -0.3 is 10.1 Å². The molecule has 1 aliphatic rings. The van der Waals surface area contributed by atoms with Crippen molar-refractivity contribution in [3.05, 3.63) is 40.4 Å². The fraction of sp³-hybridized carbons (Fsp3) is 0.556. The molecule has 0 bridgehead atoms. The predicted octanol–water partition coefficient (Wildman–Crippen LogP) is 1.37. The third-order valence-corrected chi connectivity index (χ3v) is 4.87. The summed E-state index contributed by atoms with van der Waals surface area (Å²) < 4.78 is 0. The molecule has 1 aliphatic heterocycles. The van der Waals surface area contributed by atoms with Crippen molar-refractivity contribution in [1.82, 2.24) is 19.8 Å². The minimum absolute atomic E-state index is 0.0541. The van der Waals surface area contributed by atoms with Crippen LogP contribution in [0.2, 0.25) is 0 Å². The van der Waals surface area contributed by atoms with Gasteiger partial charge in [-0.3, -0.25) is 14.6 Å². The molecule has 6 heteroatoms. The van der Waals surface area contributed by atoms with Crippen molar-refractivity contribution in [2.45, 2.75) is 39.0 Å². The summed E-state index contributed by atoms with van der Waals surface area (Å²) in [5.41, 5.74) is 0.659. The molecule has 0 unspecified atom stereocenters. The molecule has 6 nitrogen and oxygen atoms in total. The number of aliphatic hydroxyl groups is 1. The first-order valence-corrected chi connectivity index (χ1v) is 8.61. The zero-order valence-electron chi connectivity index (χ0n) is 14.6. The van der Waals surface area contributed by atoms with Crippen LogP contribution in [0.3, 0.4) is 0 Å². The van der Waals surface area contributed by atoms with Gasteiger partial charge in [0.25, 0.3) is 5.56 Å². The number of benzene rings is 1. The maximum absolute atomic E-state index is 12.3. The fourth-order valence-electron chi connectivity index (χ4n) is 3.46. The van der Waals surface area contributed by atoms with Crippen LogP contribution in [0.4, 0.5) is 0 Å². The summed E-state index contributed by atoms with van der Waals surface area (Å²) in [5, 5.41) is 10.2. The maximum Gasteiger partial charge on any atom is 0.258 e. The predicted molar refractivity (Wildman–Crippen MR) is 95.1 cm³/mol.